The number of halogens is 1. The lowest BCUT2D eigenvalue weighted by Gasteiger charge is -2.24. The second kappa shape index (κ2) is 7.06. The number of anilines is 1. The van der Waals surface area contributed by atoms with Crippen LogP contribution in [-0.2, 0) is 11.3 Å². The molecule has 1 aliphatic rings. The molecule has 0 aliphatic carbocycles. The van der Waals surface area contributed by atoms with E-state index in [2.05, 4.69) is 15.7 Å². The van der Waals surface area contributed by atoms with E-state index in [0.717, 1.165) is 13.2 Å². The SMILES string of the molecule is CC(C)Cn1ncc(NCC2COCCN2)c(Cl)c1=O. The number of hydrogen-bond acceptors (Lipinski definition) is 5. The fourth-order valence-electron chi connectivity index (χ4n) is 2.05. The van der Waals surface area contributed by atoms with Gasteiger partial charge in [0.1, 0.15) is 5.02 Å². The average molecular weight is 301 g/mol. The topological polar surface area (TPSA) is 68.2 Å². The van der Waals surface area contributed by atoms with E-state index in [4.69, 9.17) is 16.3 Å². The molecule has 1 saturated heterocycles. The van der Waals surface area contributed by atoms with Crippen molar-refractivity contribution in [3.05, 3.63) is 21.6 Å². The van der Waals surface area contributed by atoms with Crippen LogP contribution in [0.2, 0.25) is 5.02 Å². The minimum absolute atomic E-state index is 0.192. The molecule has 20 heavy (non-hydrogen) atoms. The molecule has 7 heteroatoms. The van der Waals surface area contributed by atoms with E-state index in [1.807, 2.05) is 13.8 Å². The van der Waals surface area contributed by atoms with Gasteiger partial charge in [0.05, 0.1) is 25.1 Å². The van der Waals surface area contributed by atoms with Crippen LogP contribution in [-0.4, -0.2) is 42.1 Å². The maximum atomic E-state index is 12.1. The van der Waals surface area contributed by atoms with Crippen LogP contribution in [0.3, 0.4) is 0 Å². The summed E-state index contributed by atoms with van der Waals surface area (Å²) < 4.78 is 6.77. The lowest BCUT2D eigenvalue weighted by Crippen LogP contribution is -2.45. The molecule has 1 aromatic heterocycles. The van der Waals surface area contributed by atoms with Gasteiger partial charge in [-0.05, 0) is 5.92 Å². The van der Waals surface area contributed by atoms with Gasteiger partial charge in [0.2, 0.25) is 0 Å². The summed E-state index contributed by atoms with van der Waals surface area (Å²) in [7, 11) is 0. The summed E-state index contributed by atoms with van der Waals surface area (Å²) in [5, 5.41) is 10.8. The van der Waals surface area contributed by atoms with Crippen molar-refractivity contribution >= 4 is 17.3 Å². The normalized spacial score (nSPS) is 19.3. The number of hydrogen-bond donors (Lipinski definition) is 2. The second-order valence-corrected chi connectivity index (χ2v) is 5.74. The molecule has 0 spiro atoms. The molecule has 1 fully saturated rings. The van der Waals surface area contributed by atoms with Crippen LogP contribution < -0.4 is 16.2 Å². The number of ether oxygens (including phenoxy) is 1. The highest BCUT2D eigenvalue weighted by Gasteiger charge is 2.15. The van der Waals surface area contributed by atoms with E-state index < -0.39 is 0 Å². The van der Waals surface area contributed by atoms with Crippen molar-refractivity contribution in [2.45, 2.75) is 26.4 Å². The zero-order valence-corrected chi connectivity index (χ0v) is 12.6. The molecular weight excluding hydrogens is 280 g/mol. The molecular formula is C13H21ClN4O2. The van der Waals surface area contributed by atoms with Gasteiger partial charge in [-0.2, -0.15) is 5.10 Å². The van der Waals surface area contributed by atoms with Gasteiger partial charge in [0.15, 0.2) is 0 Å². The molecule has 0 aromatic carbocycles. The summed E-state index contributed by atoms with van der Waals surface area (Å²) in [6, 6.07) is 0.220. The maximum Gasteiger partial charge on any atom is 0.287 e. The first kappa shape index (κ1) is 15.3. The minimum atomic E-state index is -0.252. The predicted molar refractivity (Wildman–Crippen MR) is 79.4 cm³/mol. The number of nitrogens with one attached hydrogen (secondary N) is 2. The molecule has 2 N–H and O–H groups in total. The first-order valence-electron chi connectivity index (χ1n) is 6.88. The molecule has 0 saturated carbocycles. The van der Waals surface area contributed by atoms with E-state index in [1.54, 1.807) is 6.20 Å². The third-order valence-corrected chi connectivity index (χ3v) is 3.43. The van der Waals surface area contributed by atoms with Gasteiger partial charge in [-0.25, -0.2) is 4.68 Å². The summed E-state index contributed by atoms with van der Waals surface area (Å²) in [4.78, 5) is 12.1. The molecule has 112 valence electrons. The highest BCUT2D eigenvalue weighted by atomic mass is 35.5. The third kappa shape index (κ3) is 3.94. The third-order valence-electron chi connectivity index (χ3n) is 3.06. The lowest BCUT2D eigenvalue weighted by atomic mass is 10.2. The van der Waals surface area contributed by atoms with Crippen LogP contribution in [0.5, 0.6) is 0 Å². The summed E-state index contributed by atoms with van der Waals surface area (Å²) in [5.41, 5.74) is 0.322. The van der Waals surface area contributed by atoms with Crippen molar-refractivity contribution in [1.29, 1.82) is 0 Å². The van der Waals surface area contributed by atoms with Gasteiger partial charge >= 0.3 is 0 Å². The van der Waals surface area contributed by atoms with Crippen molar-refractivity contribution in [3.63, 3.8) is 0 Å². The highest BCUT2D eigenvalue weighted by Crippen LogP contribution is 2.15. The lowest BCUT2D eigenvalue weighted by molar-refractivity contribution is 0.0806. The highest BCUT2D eigenvalue weighted by molar-refractivity contribution is 6.32. The average Bonchev–Trinajstić information content (AvgIpc) is 2.44. The number of aromatic nitrogens is 2. The Bertz CT molecular complexity index is 498. The van der Waals surface area contributed by atoms with Gasteiger partial charge in [0, 0.05) is 25.7 Å². The van der Waals surface area contributed by atoms with Gasteiger partial charge < -0.3 is 15.4 Å². The zero-order valence-electron chi connectivity index (χ0n) is 11.9. The Hall–Kier alpha value is -1.11. The van der Waals surface area contributed by atoms with Crippen molar-refractivity contribution < 1.29 is 4.74 Å². The molecule has 0 amide bonds. The Kier molecular flexibility index (Phi) is 5.39. The van der Waals surface area contributed by atoms with Crippen molar-refractivity contribution in [1.82, 2.24) is 15.1 Å². The molecule has 1 atom stereocenters. The van der Waals surface area contributed by atoms with E-state index >= 15 is 0 Å². The van der Waals surface area contributed by atoms with Gasteiger partial charge in [-0.3, -0.25) is 4.79 Å². The molecule has 0 bridgehead atoms. The molecule has 6 nitrogen and oxygen atoms in total. The van der Waals surface area contributed by atoms with E-state index in [0.29, 0.717) is 31.3 Å². The first-order valence-corrected chi connectivity index (χ1v) is 7.26. The molecule has 2 rings (SSSR count). The standard InChI is InChI=1S/C13H21ClN4O2/c1-9(2)7-18-13(19)12(14)11(6-17-18)16-5-10-8-20-4-3-15-10/h6,9-10,15-16H,3-5,7-8H2,1-2H3. The van der Waals surface area contributed by atoms with E-state index in [-0.39, 0.29) is 16.6 Å². The maximum absolute atomic E-state index is 12.1. The van der Waals surface area contributed by atoms with E-state index in [1.165, 1.54) is 4.68 Å². The molecule has 1 aromatic rings. The fraction of sp³-hybridized carbons (Fsp3) is 0.692. The predicted octanol–water partition coefficient (Wildman–Crippen LogP) is 0.953. The number of rotatable bonds is 5. The summed E-state index contributed by atoms with van der Waals surface area (Å²) in [6.07, 6.45) is 1.61. The Labute approximate surface area is 123 Å². The van der Waals surface area contributed by atoms with Crippen molar-refractivity contribution in [3.8, 4) is 0 Å². The zero-order chi connectivity index (χ0) is 14.5. The van der Waals surface area contributed by atoms with Gasteiger partial charge in [-0.15, -0.1) is 0 Å². The molecule has 2 heterocycles. The summed E-state index contributed by atoms with van der Waals surface area (Å²) >= 11 is 6.11. The van der Waals surface area contributed by atoms with Crippen LogP contribution in [0.15, 0.2) is 11.0 Å². The minimum Gasteiger partial charge on any atom is -0.381 e. The van der Waals surface area contributed by atoms with Crippen molar-refractivity contribution in [2.24, 2.45) is 5.92 Å². The van der Waals surface area contributed by atoms with E-state index in [9.17, 15) is 4.79 Å². The van der Waals surface area contributed by atoms with Crippen LogP contribution >= 0.6 is 11.6 Å². The van der Waals surface area contributed by atoms with Crippen LogP contribution in [0.4, 0.5) is 5.69 Å². The van der Waals surface area contributed by atoms with Crippen molar-refractivity contribution in [2.75, 3.05) is 31.6 Å². The largest absolute Gasteiger partial charge is 0.381 e. The number of nitrogens with zero attached hydrogens (tertiary/aromatic N) is 2. The Morgan fingerprint density at radius 3 is 3.10 bits per heavy atom. The molecule has 1 unspecified atom stereocenters. The smallest absolute Gasteiger partial charge is 0.287 e. The number of morpholine rings is 1. The molecule has 1 aliphatic heterocycles. The van der Waals surface area contributed by atoms with Crippen LogP contribution in [0, 0.1) is 5.92 Å². The van der Waals surface area contributed by atoms with Gasteiger partial charge in [0.25, 0.3) is 5.56 Å². The van der Waals surface area contributed by atoms with Crippen LogP contribution in [0.25, 0.3) is 0 Å². The monoisotopic (exact) mass is 300 g/mol. The summed E-state index contributed by atoms with van der Waals surface area (Å²) in [6.45, 7) is 7.51. The Morgan fingerprint density at radius 2 is 2.45 bits per heavy atom. The van der Waals surface area contributed by atoms with Gasteiger partial charge in [-0.1, -0.05) is 25.4 Å². The second-order valence-electron chi connectivity index (χ2n) is 5.36. The quantitative estimate of drug-likeness (QED) is 0.847. The molecule has 0 radical (unpaired) electrons. The first-order chi connectivity index (χ1) is 9.58. The fourth-order valence-corrected chi connectivity index (χ4v) is 2.26. The Balaban J connectivity index is 2.01. The summed E-state index contributed by atoms with van der Waals surface area (Å²) in [5.74, 6) is 0.346. The Morgan fingerprint density at radius 1 is 1.65 bits per heavy atom. The van der Waals surface area contributed by atoms with Crippen LogP contribution in [0.1, 0.15) is 13.8 Å².